The van der Waals surface area contributed by atoms with Gasteiger partial charge >= 0.3 is 0 Å². The Labute approximate surface area is 114 Å². The van der Waals surface area contributed by atoms with Gasteiger partial charge in [0.25, 0.3) is 0 Å². The smallest absolute Gasteiger partial charge is 0.167 e. The Balaban J connectivity index is 2.36. The fourth-order valence-electron chi connectivity index (χ4n) is 2.25. The predicted octanol–water partition coefficient (Wildman–Crippen LogP) is 3.32. The van der Waals surface area contributed by atoms with Crippen molar-refractivity contribution in [1.29, 1.82) is 0 Å². The summed E-state index contributed by atoms with van der Waals surface area (Å²) in [6.07, 6.45) is 1.99. The summed E-state index contributed by atoms with van der Waals surface area (Å²) in [6.45, 7) is 1.96. The maximum atomic E-state index is 10.4. The molecule has 1 N–H and O–H groups in total. The van der Waals surface area contributed by atoms with Gasteiger partial charge in [-0.3, -0.25) is 0 Å². The number of fused-ring (bicyclic) bond motifs is 1. The molecule has 0 amide bonds. The number of benzene rings is 1. The van der Waals surface area contributed by atoms with Crippen molar-refractivity contribution in [2.75, 3.05) is 7.11 Å². The van der Waals surface area contributed by atoms with Crippen molar-refractivity contribution in [2.45, 2.75) is 6.92 Å². The second kappa shape index (κ2) is 4.28. The molecule has 0 bridgehead atoms. The molecule has 0 saturated heterocycles. The fraction of sp³-hybridized carbons (Fsp3) is 0.214. The minimum Gasteiger partial charge on any atom is -0.504 e. The lowest BCUT2D eigenvalue weighted by Gasteiger charge is -2.05. The van der Waals surface area contributed by atoms with Crippen LogP contribution >= 0.6 is 11.3 Å². The van der Waals surface area contributed by atoms with Gasteiger partial charge < -0.3 is 14.4 Å². The Morgan fingerprint density at radius 2 is 2.16 bits per heavy atom. The van der Waals surface area contributed by atoms with Crippen molar-refractivity contribution < 1.29 is 9.84 Å². The average Bonchev–Trinajstić information content (AvgIpc) is 2.95. The van der Waals surface area contributed by atoms with Gasteiger partial charge in [0.15, 0.2) is 11.5 Å². The molecule has 1 aromatic carbocycles. The molecule has 0 spiro atoms. The van der Waals surface area contributed by atoms with Crippen LogP contribution in [0.3, 0.4) is 0 Å². The molecule has 5 heteroatoms. The van der Waals surface area contributed by atoms with Crippen molar-refractivity contribution in [3.8, 4) is 22.1 Å². The van der Waals surface area contributed by atoms with Crippen molar-refractivity contribution in [3.63, 3.8) is 0 Å². The molecule has 98 valence electrons. The highest BCUT2D eigenvalue weighted by molar-refractivity contribution is 7.13. The zero-order valence-electron chi connectivity index (χ0n) is 11.0. The highest BCUT2D eigenvalue weighted by Crippen LogP contribution is 2.41. The van der Waals surface area contributed by atoms with E-state index in [9.17, 15) is 5.11 Å². The Bertz CT molecular complexity index is 758. The van der Waals surface area contributed by atoms with Crippen molar-refractivity contribution >= 4 is 22.2 Å². The molecule has 0 saturated carbocycles. The van der Waals surface area contributed by atoms with E-state index in [4.69, 9.17) is 4.74 Å². The van der Waals surface area contributed by atoms with Crippen molar-refractivity contribution in [3.05, 3.63) is 29.4 Å². The summed E-state index contributed by atoms with van der Waals surface area (Å²) in [4.78, 5) is 4.49. The molecule has 2 aromatic heterocycles. The first-order valence-electron chi connectivity index (χ1n) is 5.89. The minimum absolute atomic E-state index is 0.170. The largest absolute Gasteiger partial charge is 0.504 e. The van der Waals surface area contributed by atoms with Gasteiger partial charge in [0.05, 0.1) is 18.0 Å². The van der Waals surface area contributed by atoms with Gasteiger partial charge in [0.2, 0.25) is 0 Å². The van der Waals surface area contributed by atoms with Gasteiger partial charge in [0, 0.05) is 29.9 Å². The van der Waals surface area contributed by atoms with Gasteiger partial charge in [-0.05, 0) is 19.1 Å². The van der Waals surface area contributed by atoms with Crippen molar-refractivity contribution in [2.24, 2.45) is 7.05 Å². The molecular weight excluding hydrogens is 260 g/mol. The zero-order chi connectivity index (χ0) is 13.6. The maximum Gasteiger partial charge on any atom is 0.167 e. The maximum absolute atomic E-state index is 10.4. The van der Waals surface area contributed by atoms with Crippen LogP contribution in [0.4, 0.5) is 0 Å². The van der Waals surface area contributed by atoms with Crippen LogP contribution in [0.5, 0.6) is 11.5 Å². The highest BCUT2D eigenvalue weighted by atomic mass is 32.1. The summed E-state index contributed by atoms with van der Waals surface area (Å²) in [5.74, 6) is 0.650. The number of hydrogen-bond acceptors (Lipinski definition) is 4. The summed E-state index contributed by atoms with van der Waals surface area (Å²) in [6, 6.07) is 3.71. The van der Waals surface area contributed by atoms with E-state index in [2.05, 4.69) is 4.98 Å². The average molecular weight is 274 g/mol. The molecule has 0 aliphatic rings. The van der Waals surface area contributed by atoms with Crippen LogP contribution in [-0.2, 0) is 7.05 Å². The van der Waals surface area contributed by atoms with Crippen LogP contribution < -0.4 is 4.74 Å². The summed E-state index contributed by atoms with van der Waals surface area (Å²) in [5.41, 5.74) is 2.88. The minimum atomic E-state index is 0.170. The van der Waals surface area contributed by atoms with E-state index in [1.165, 1.54) is 0 Å². The fourth-order valence-corrected chi connectivity index (χ4v) is 3.07. The zero-order valence-corrected chi connectivity index (χ0v) is 11.8. The third-order valence-electron chi connectivity index (χ3n) is 3.16. The molecule has 0 fully saturated rings. The van der Waals surface area contributed by atoms with E-state index in [1.807, 2.05) is 36.2 Å². The first kappa shape index (κ1) is 12.0. The van der Waals surface area contributed by atoms with Crippen LogP contribution in [0.2, 0.25) is 0 Å². The number of aromatic hydroxyl groups is 1. The SMILES string of the molecule is COc1ccc2c(c(-c3nc(C)cs3)cn2C)c1O. The summed E-state index contributed by atoms with van der Waals surface area (Å²) < 4.78 is 7.17. The van der Waals surface area contributed by atoms with E-state index in [0.29, 0.717) is 5.75 Å². The van der Waals surface area contributed by atoms with Gasteiger partial charge in [-0.25, -0.2) is 4.98 Å². The molecule has 4 nitrogen and oxygen atoms in total. The second-order valence-electron chi connectivity index (χ2n) is 4.46. The van der Waals surface area contributed by atoms with E-state index in [-0.39, 0.29) is 5.75 Å². The molecule has 0 atom stereocenters. The third kappa shape index (κ3) is 1.77. The van der Waals surface area contributed by atoms with Crippen LogP contribution in [-0.4, -0.2) is 21.8 Å². The molecule has 19 heavy (non-hydrogen) atoms. The van der Waals surface area contributed by atoms with Gasteiger partial charge in [-0.1, -0.05) is 0 Å². The quantitative estimate of drug-likeness (QED) is 0.779. The number of ether oxygens (including phenoxy) is 1. The molecule has 0 aliphatic heterocycles. The molecule has 3 aromatic rings. The number of rotatable bonds is 2. The molecule has 0 aliphatic carbocycles. The number of hydrogen-bond donors (Lipinski definition) is 1. The second-order valence-corrected chi connectivity index (χ2v) is 5.32. The standard InChI is InChI=1S/C14H14N2O2S/c1-8-7-19-14(15-8)9-6-16(2)10-4-5-11(18-3)13(17)12(9)10/h4-7,17H,1-3H3. The number of phenols is 1. The Morgan fingerprint density at radius 3 is 2.79 bits per heavy atom. The van der Waals surface area contributed by atoms with E-state index < -0.39 is 0 Å². The van der Waals surface area contributed by atoms with E-state index in [0.717, 1.165) is 27.2 Å². The number of nitrogens with zero attached hydrogens (tertiary/aromatic N) is 2. The lowest BCUT2D eigenvalue weighted by atomic mass is 10.1. The Morgan fingerprint density at radius 1 is 1.37 bits per heavy atom. The summed E-state index contributed by atoms with van der Waals surface area (Å²) in [7, 11) is 3.51. The number of aromatic nitrogens is 2. The molecular formula is C14H14N2O2S. The van der Waals surface area contributed by atoms with Gasteiger partial charge in [-0.15, -0.1) is 11.3 Å². The van der Waals surface area contributed by atoms with Gasteiger partial charge in [-0.2, -0.15) is 0 Å². The highest BCUT2D eigenvalue weighted by Gasteiger charge is 2.17. The Hall–Kier alpha value is -2.01. The van der Waals surface area contributed by atoms with E-state index in [1.54, 1.807) is 24.5 Å². The van der Waals surface area contributed by atoms with E-state index >= 15 is 0 Å². The van der Waals surface area contributed by atoms with Crippen LogP contribution in [0.15, 0.2) is 23.7 Å². The topological polar surface area (TPSA) is 47.3 Å². The first-order valence-corrected chi connectivity index (χ1v) is 6.77. The normalized spacial score (nSPS) is 11.1. The predicted molar refractivity (Wildman–Crippen MR) is 77.0 cm³/mol. The van der Waals surface area contributed by atoms with Crippen LogP contribution in [0, 0.1) is 6.92 Å². The Kier molecular flexibility index (Phi) is 2.71. The lowest BCUT2D eigenvalue weighted by Crippen LogP contribution is -1.86. The summed E-state index contributed by atoms with van der Waals surface area (Å²) >= 11 is 1.58. The number of methoxy groups -OCH3 is 1. The molecule has 0 unspecified atom stereocenters. The number of phenolic OH excluding ortho intramolecular Hbond substituents is 1. The number of thiazole rings is 1. The molecule has 0 radical (unpaired) electrons. The third-order valence-corrected chi connectivity index (χ3v) is 4.15. The summed E-state index contributed by atoms with van der Waals surface area (Å²) in [5, 5.41) is 14.1. The van der Waals surface area contributed by atoms with Crippen LogP contribution in [0.1, 0.15) is 5.69 Å². The molecule has 3 rings (SSSR count). The van der Waals surface area contributed by atoms with Crippen molar-refractivity contribution in [1.82, 2.24) is 9.55 Å². The van der Waals surface area contributed by atoms with Gasteiger partial charge in [0.1, 0.15) is 5.01 Å². The van der Waals surface area contributed by atoms with Crippen LogP contribution in [0.25, 0.3) is 21.5 Å². The first-order chi connectivity index (χ1) is 9.11. The monoisotopic (exact) mass is 274 g/mol. The lowest BCUT2D eigenvalue weighted by molar-refractivity contribution is 0.376. The number of aryl methyl sites for hydroxylation is 2. The molecule has 2 heterocycles.